The lowest BCUT2D eigenvalue weighted by Gasteiger charge is -2.12. The van der Waals surface area contributed by atoms with E-state index in [9.17, 15) is 4.79 Å². The molecule has 19 heavy (non-hydrogen) atoms. The van der Waals surface area contributed by atoms with Gasteiger partial charge in [-0.05, 0) is 39.8 Å². The maximum atomic E-state index is 12.1. The van der Waals surface area contributed by atoms with Gasteiger partial charge in [-0.3, -0.25) is 4.68 Å². The minimum Gasteiger partial charge on any atom is -0.462 e. The second kappa shape index (κ2) is 4.91. The number of hydrogen-bond acceptors (Lipinski definition) is 3. The van der Waals surface area contributed by atoms with Crippen LogP contribution in [0.1, 0.15) is 34.4 Å². The molecule has 0 fully saturated rings. The molecule has 102 valence electrons. The third-order valence-electron chi connectivity index (χ3n) is 3.15. The van der Waals surface area contributed by atoms with Gasteiger partial charge < -0.3 is 9.30 Å². The summed E-state index contributed by atoms with van der Waals surface area (Å²) in [6, 6.07) is 4.04. The molecule has 0 aliphatic heterocycles. The Hall–Kier alpha value is -2.04. The van der Waals surface area contributed by atoms with Crippen LogP contribution in [0, 0.1) is 20.8 Å². The Morgan fingerprint density at radius 1 is 1.26 bits per heavy atom. The van der Waals surface area contributed by atoms with Crippen LogP contribution in [-0.4, -0.2) is 26.9 Å². The lowest BCUT2D eigenvalue weighted by atomic mass is 10.2. The van der Waals surface area contributed by atoms with Crippen molar-refractivity contribution in [2.45, 2.75) is 27.7 Å². The first-order valence-corrected chi connectivity index (χ1v) is 6.33. The van der Waals surface area contributed by atoms with Crippen LogP contribution in [0.25, 0.3) is 5.82 Å². The second-order valence-electron chi connectivity index (χ2n) is 4.58. The number of aromatic nitrogens is 3. The van der Waals surface area contributed by atoms with Gasteiger partial charge in [0.25, 0.3) is 0 Å². The van der Waals surface area contributed by atoms with E-state index < -0.39 is 0 Å². The lowest BCUT2D eigenvalue weighted by Crippen LogP contribution is -2.13. The van der Waals surface area contributed by atoms with Crippen molar-refractivity contribution in [2.24, 2.45) is 7.05 Å². The summed E-state index contributed by atoms with van der Waals surface area (Å²) in [6.45, 7) is 7.99. The predicted molar refractivity (Wildman–Crippen MR) is 72.7 cm³/mol. The third-order valence-corrected chi connectivity index (χ3v) is 3.15. The van der Waals surface area contributed by atoms with Gasteiger partial charge >= 0.3 is 5.97 Å². The third kappa shape index (κ3) is 2.16. The van der Waals surface area contributed by atoms with E-state index in [0.29, 0.717) is 17.9 Å². The Bertz CT molecular complexity index is 603. The molecule has 2 rings (SSSR count). The number of hydrogen-bond donors (Lipinski definition) is 0. The first-order chi connectivity index (χ1) is 8.97. The zero-order chi connectivity index (χ0) is 14.2. The first-order valence-electron chi connectivity index (χ1n) is 6.33. The van der Waals surface area contributed by atoms with Crippen molar-refractivity contribution in [3.05, 3.63) is 34.8 Å². The van der Waals surface area contributed by atoms with Crippen LogP contribution in [0.15, 0.2) is 12.1 Å². The molecule has 0 N–H and O–H groups in total. The van der Waals surface area contributed by atoms with E-state index in [1.807, 2.05) is 44.5 Å². The Kier molecular flexibility index (Phi) is 3.46. The predicted octanol–water partition coefficient (Wildman–Crippen LogP) is 2.31. The fraction of sp³-hybridized carbons (Fsp3) is 0.429. The van der Waals surface area contributed by atoms with Gasteiger partial charge in [0, 0.05) is 18.4 Å². The van der Waals surface area contributed by atoms with Gasteiger partial charge in [-0.2, -0.15) is 5.10 Å². The number of rotatable bonds is 3. The van der Waals surface area contributed by atoms with Crippen molar-refractivity contribution in [3.8, 4) is 5.82 Å². The van der Waals surface area contributed by atoms with Gasteiger partial charge in [-0.25, -0.2) is 4.79 Å². The van der Waals surface area contributed by atoms with Gasteiger partial charge in [0.2, 0.25) is 0 Å². The molecule has 0 unspecified atom stereocenters. The summed E-state index contributed by atoms with van der Waals surface area (Å²) in [5, 5.41) is 4.35. The van der Waals surface area contributed by atoms with Crippen molar-refractivity contribution >= 4 is 5.97 Å². The zero-order valence-corrected chi connectivity index (χ0v) is 12.0. The van der Waals surface area contributed by atoms with Crippen LogP contribution in [0.2, 0.25) is 0 Å². The van der Waals surface area contributed by atoms with Gasteiger partial charge in [-0.15, -0.1) is 0 Å². The molecule has 0 radical (unpaired) electrons. The van der Waals surface area contributed by atoms with Gasteiger partial charge in [-0.1, -0.05) is 0 Å². The van der Waals surface area contributed by atoms with Crippen LogP contribution in [0.4, 0.5) is 0 Å². The minimum atomic E-state index is -0.324. The van der Waals surface area contributed by atoms with E-state index in [0.717, 1.165) is 17.2 Å². The van der Waals surface area contributed by atoms with Crippen LogP contribution in [-0.2, 0) is 11.8 Å². The Morgan fingerprint density at radius 2 is 1.84 bits per heavy atom. The van der Waals surface area contributed by atoms with E-state index in [1.165, 1.54) is 0 Å². The van der Waals surface area contributed by atoms with E-state index in [1.54, 1.807) is 11.6 Å². The van der Waals surface area contributed by atoms with Crippen molar-refractivity contribution in [2.75, 3.05) is 6.61 Å². The molecule has 0 saturated heterocycles. The van der Waals surface area contributed by atoms with Gasteiger partial charge in [0.05, 0.1) is 12.3 Å². The monoisotopic (exact) mass is 261 g/mol. The molecular weight excluding hydrogens is 242 g/mol. The molecule has 0 atom stereocenters. The molecule has 0 aliphatic carbocycles. The van der Waals surface area contributed by atoms with E-state index >= 15 is 0 Å². The van der Waals surface area contributed by atoms with Crippen LogP contribution >= 0.6 is 0 Å². The standard InChI is InChI=1S/C14H19N3O2/c1-6-19-14(18)12-11(4)15-16(5)13(12)17-9(2)7-8-10(17)3/h7-8H,6H2,1-5H3. The normalized spacial score (nSPS) is 10.8. The maximum absolute atomic E-state index is 12.1. The van der Waals surface area contributed by atoms with Crippen LogP contribution in [0.3, 0.4) is 0 Å². The number of carbonyl (C=O) groups excluding carboxylic acids is 1. The smallest absolute Gasteiger partial charge is 0.343 e. The SMILES string of the molecule is CCOC(=O)c1c(C)nn(C)c1-n1c(C)ccc1C. The molecule has 0 saturated carbocycles. The van der Waals surface area contributed by atoms with Gasteiger partial charge in [0.15, 0.2) is 0 Å². The highest BCUT2D eigenvalue weighted by atomic mass is 16.5. The van der Waals surface area contributed by atoms with Crippen molar-refractivity contribution < 1.29 is 9.53 Å². The average Bonchev–Trinajstić information content (AvgIpc) is 2.79. The molecule has 0 amide bonds. The average molecular weight is 261 g/mol. The summed E-state index contributed by atoms with van der Waals surface area (Å²) < 4.78 is 8.88. The topological polar surface area (TPSA) is 49.0 Å². The van der Waals surface area contributed by atoms with E-state index in [2.05, 4.69) is 5.10 Å². The Labute approximate surface area is 112 Å². The summed E-state index contributed by atoms with van der Waals surface area (Å²) >= 11 is 0. The summed E-state index contributed by atoms with van der Waals surface area (Å²) in [5.41, 5.74) is 3.34. The zero-order valence-electron chi connectivity index (χ0n) is 12.0. The van der Waals surface area contributed by atoms with Crippen molar-refractivity contribution in [1.29, 1.82) is 0 Å². The summed E-state index contributed by atoms with van der Waals surface area (Å²) in [5.74, 6) is 0.437. The summed E-state index contributed by atoms with van der Waals surface area (Å²) in [4.78, 5) is 12.1. The molecular formula is C14H19N3O2. The van der Waals surface area contributed by atoms with E-state index in [4.69, 9.17) is 4.74 Å². The fourth-order valence-corrected chi connectivity index (χ4v) is 2.35. The number of nitrogens with zero attached hydrogens (tertiary/aromatic N) is 3. The Morgan fingerprint density at radius 3 is 2.37 bits per heavy atom. The summed E-state index contributed by atoms with van der Waals surface area (Å²) in [7, 11) is 1.84. The van der Waals surface area contributed by atoms with Crippen LogP contribution in [0.5, 0.6) is 0 Å². The molecule has 0 spiro atoms. The van der Waals surface area contributed by atoms with Gasteiger partial charge in [0.1, 0.15) is 11.4 Å². The lowest BCUT2D eigenvalue weighted by molar-refractivity contribution is 0.0525. The fourth-order valence-electron chi connectivity index (χ4n) is 2.35. The molecule has 0 aliphatic rings. The molecule has 0 aromatic carbocycles. The largest absolute Gasteiger partial charge is 0.462 e. The number of ether oxygens (including phenoxy) is 1. The first kappa shape index (κ1) is 13.4. The molecule has 5 heteroatoms. The molecule has 2 heterocycles. The highest BCUT2D eigenvalue weighted by Crippen LogP contribution is 2.23. The molecule has 2 aromatic rings. The van der Waals surface area contributed by atoms with Crippen LogP contribution < -0.4 is 0 Å². The molecule has 5 nitrogen and oxygen atoms in total. The highest BCUT2D eigenvalue weighted by Gasteiger charge is 2.24. The van der Waals surface area contributed by atoms with Crippen molar-refractivity contribution in [3.63, 3.8) is 0 Å². The molecule has 2 aromatic heterocycles. The number of carbonyl (C=O) groups is 1. The molecule has 0 bridgehead atoms. The van der Waals surface area contributed by atoms with E-state index in [-0.39, 0.29) is 5.97 Å². The second-order valence-corrected chi connectivity index (χ2v) is 4.58. The Balaban J connectivity index is 2.67. The number of esters is 1. The quantitative estimate of drug-likeness (QED) is 0.797. The minimum absolute atomic E-state index is 0.324. The van der Waals surface area contributed by atoms with Crippen molar-refractivity contribution in [1.82, 2.24) is 14.3 Å². The maximum Gasteiger partial charge on any atom is 0.343 e. The number of aryl methyl sites for hydroxylation is 4. The highest BCUT2D eigenvalue weighted by molar-refractivity contribution is 5.94. The summed E-state index contributed by atoms with van der Waals surface area (Å²) in [6.07, 6.45) is 0.